The van der Waals surface area contributed by atoms with Crippen molar-refractivity contribution in [3.05, 3.63) is 92.7 Å². The summed E-state index contributed by atoms with van der Waals surface area (Å²) in [4.78, 5) is 29.9. The molecule has 0 spiro atoms. The minimum atomic E-state index is -0.229. The van der Waals surface area contributed by atoms with Gasteiger partial charge in [-0.15, -0.1) is 11.3 Å². The largest absolute Gasteiger partial charge is 0.349 e. The lowest BCUT2D eigenvalue weighted by molar-refractivity contribution is 0.0955. The summed E-state index contributed by atoms with van der Waals surface area (Å²) in [5.41, 5.74) is 2.95. The van der Waals surface area contributed by atoms with E-state index in [1.807, 2.05) is 49.4 Å². The van der Waals surface area contributed by atoms with Crippen molar-refractivity contribution < 1.29 is 4.79 Å². The van der Waals surface area contributed by atoms with Crippen molar-refractivity contribution >= 4 is 28.8 Å². The number of aromatic nitrogens is 3. The van der Waals surface area contributed by atoms with Gasteiger partial charge in [0.05, 0.1) is 17.9 Å². The highest BCUT2D eigenvalue weighted by molar-refractivity contribution is 7.17. The molecule has 4 aromatic rings. The van der Waals surface area contributed by atoms with Crippen molar-refractivity contribution in [1.82, 2.24) is 20.1 Å². The van der Waals surface area contributed by atoms with Crippen molar-refractivity contribution in [2.45, 2.75) is 13.5 Å². The van der Waals surface area contributed by atoms with Gasteiger partial charge >= 0.3 is 0 Å². The molecule has 2 heterocycles. The van der Waals surface area contributed by atoms with Crippen LogP contribution in [0.3, 0.4) is 0 Å². The van der Waals surface area contributed by atoms with Crippen molar-refractivity contribution in [1.29, 1.82) is 0 Å². The van der Waals surface area contributed by atoms with Gasteiger partial charge in [-0.25, -0.2) is 9.67 Å². The molecular formula is C23H19ClN4O2S. The topological polar surface area (TPSA) is 76.9 Å². The molecule has 0 aliphatic carbocycles. The van der Waals surface area contributed by atoms with Crippen LogP contribution in [-0.2, 0) is 6.54 Å². The number of aryl methyl sites for hydroxylation is 1. The Labute approximate surface area is 188 Å². The van der Waals surface area contributed by atoms with Crippen LogP contribution in [0, 0.1) is 6.92 Å². The maximum atomic E-state index is 12.6. The Hall–Kier alpha value is -3.29. The Morgan fingerprint density at radius 3 is 2.52 bits per heavy atom. The maximum absolute atomic E-state index is 12.6. The first kappa shape index (κ1) is 21.0. The van der Waals surface area contributed by atoms with E-state index in [0.29, 0.717) is 21.3 Å². The number of halogens is 1. The molecule has 0 bridgehead atoms. The van der Waals surface area contributed by atoms with Gasteiger partial charge in [-0.2, -0.15) is 5.10 Å². The van der Waals surface area contributed by atoms with Gasteiger partial charge in [0.1, 0.15) is 9.88 Å². The molecule has 2 aromatic carbocycles. The fourth-order valence-corrected chi connectivity index (χ4v) is 4.16. The molecule has 1 amide bonds. The number of hydrogen-bond acceptors (Lipinski definition) is 5. The molecule has 4 rings (SSSR count). The summed E-state index contributed by atoms with van der Waals surface area (Å²) in [6.07, 6.45) is 0. The standard InChI is InChI=1S/C23H19ClN4O2S/c1-15-21(31-23(26-15)17-5-3-2-4-6-17)22(30)25-13-14-28-20(29)12-11-19(27-28)16-7-9-18(24)10-8-16/h2-12H,13-14H2,1H3,(H,25,30). The van der Waals surface area contributed by atoms with Gasteiger partial charge in [-0.05, 0) is 25.1 Å². The Bertz CT molecular complexity index is 1270. The van der Waals surface area contributed by atoms with Gasteiger partial charge in [-0.3, -0.25) is 9.59 Å². The van der Waals surface area contributed by atoms with E-state index >= 15 is 0 Å². The molecule has 1 N–H and O–H groups in total. The van der Waals surface area contributed by atoms with Crippen molar-refractivity contribution in [3.8, 4) is 21.8 Å². The zero-order chi connectivity index (χ0) is 21.8. The highest BCUT2D eigenvalue weighted by atomic mass is 35.5. The van der Waals surface area contributed by atoms with Crippen LogP contribution in [0.2, 0.25) is 5.02 Å². The van der Waals surface area contributed by atoms with Crippen LogP contribution in [0.5, 0.6) is 0 Å². The summed E-state index contributed by atoms with van der Waals surface area (Å²) >= 11 is 7.29. The number of hydrogen-bond donors (Lipinski definition) is 1. The molecule has 31 heavy (non-hydrogen) atoms. The molecule has 0 radical (unpaired) electrons. The third-order valence-electron chi connectivity index (χ3n) is 4.64. The minimum absolute atomic E-state index is 0.209. The van der Waals surface area contributed by atoms with Crippen LogP contribution in [0.25, 0.3) is 21.8 Å². The Balaban J connectivity index is 1.43. The fourth-order valence-electron chi connectivity index (χ4n) is 3.05. The Kier molecular flexibility index (Phi) is 6.25. The fraction of sp³-hybridized carbons (Fsp3) is 0.130. The SMILES string of the molecule is Cc1nc(-c2ccccc2)sc1C(=O)NCCn1nc(-c2ccc(Cl)cc2)ccc1=O. The van der Waals surface area contributed by atoms with Crippen molar-refractivity contribution in [2.24, 2.45) is 0 Å². The second kappa shape index (κ2) is 9.24. The summed E-state index contributed by atoms with van der Waals surface area (Å²) < 4.78 is 1.35. The highest BCUT2D eigenvalue weighted by Gasteiger charge is 2.16. The smallest absolute Gasteiger partial charge is 0.266 e. The van der Waals surface area contributed by atoms with E-state index in [0.717, 1.165) is 16.1 Å². The van der Waals surface area contributed by atoms with Gasteiger partial charge in [0, 0.05) is 28.8 Å². The molecule has 0 aliphatic rings. The Morgan fingerprint density at radius 2 is 1.77 bits per heavy atom. The lowest BCUT2D eigenvalue weighted by Crippen LogP contribution is -2.31. The third-order valence-corrected chi connectivity index (χ3v) is 6.10. The van der Waals surface area contributed by atoms with Gasteiger partial charge in [0.25, 0.3) is 11.5 Å². The summed E-state index contributed by atoms with van der Waals surface area (Å²) in [7, 11) is 0. The van der Waals surface area contributed by atoms with Gasteiger partial charge in [0.2, 0.25) is 0 Å². The molecule has 0 fully saturated rings. The van der Waals surface area contributed by atoms with E-state index in [1.54, 1.807) is 18.2 Å². The first-order valence-electron chi connectivity index (χ1n) is 9.66. The number of amides is 1. The number of carbonyl (C=O) groups is 1. The number of nitrogens with one attached hydrogen (secondary N) is 1. The van der Waals surface area contributed by atoms with Crippen LogP contribution in [0.4, 0.5) is 0 Å². The molecule has 8 heteroatoms. The number of nitrogens with zero attached hydrogens (tertiary/aromatic N) is 3. The van der Waals surface area contributed by atoms with Gasteiger partial charge in [-0.1, -0.05) is 54.1 Å². The molecule has 0 saturated heterocycles. The maximum Gasteiger partial charge on any atom is 0.266 e. The van der Waals surface area contributed by atoms with Crippen LogP contribution < -0.4 is 10.9 Å². The second-order valence-electron chi connectivity index (χ2n) is 6.84. The minimum Gasteiger partial charge on any atom is -0.349 e. The van der Waals surface area contributed by atoms with E-state index in [2.05, 4.69) is 15.4 Å². The summed E-state index contributed by atoms with van der Waals surface area (Å²) in [5, 5.41) is 8.70. The molecule has 0 saturated carbocycles. The average molecular weight is 451 g/mol. The van der Waals surface area contributed by atoms with E-state index in [9.17, 15) is 9.59 Å². The number of rotatable bonds is 6. The van der Waals surface area contributed by atoms with E-state index in [4.69, 9.17) is 11.6 Å². The molecule has 0 unspecified atom stereocenters. The molecule has 156 valence electrons. The molecular weight excluding hydrogens is 432 g/mol. The molecule has 0 atom stereocenters. The van der Waals surface area contributed by atoms with Crippen LogP contribution in [-0.4, -0.2) is 27.2 Å². The predicted octanol–water partition coefficient (Wildman–Crippen LogP) is 4.43. The number of carbonyl (C=O) groups excluding carboxylic acids is 1. The first-order valence-corrected chi connectivity index (χ1v) is 10.9. The zero-order valence-electron chi connectivity index (χ0n) is 16.7. The second-order valence-corrected chi connectivity index (χ2v) is 8.28. The van der Waals surface area contributed by atoms with E-state index in [1.165, 1.54) is 22.1 Å². The summed E-state index contributed by atoms with van der Waals surface area (Å²) in [6, 6.07) is 20.1. The first-order chi connectivity index (χ1) is 15.0. The normalized spacial score (nSPS) is 10.8. The van der Waals surface area contributed by atoms with Crippen molar-refractivity contribution in [3.63, 3.8) is 0 Å². The zero-order valence-corrected chi connectivity index (χ0v) is 18.3. The third kappa shape index (κ3) is 4.90. The van der Waals surface area contributed by atoms with Gasteiger partial charge < -0.3 is 5.32 Å². The lowest BCUT2D eigenvalue weighted by Gasteiger charge is -2.08. The van der Waals surface area contributed by atoms with Crippen LogP contribution in [0.15, 0.2) is 71.5 Å². The predicted molar refractivity (Wildman–Crippen MR) is 124 cm³/mol. The molecule has 2 aromatic heterocycles. The molecule has 6 nitrogen and oxygen atoms in total. The molecule has 0 aliphatic heterocycles. The van der Waals surface area contributed by atoms with Crippen LogP contribution in [0.1, 0.15) is 15.4 Å². The summed E-state index contributed by atoms with van der Waals surface area (Å²) in [5.74, 6) is -0.209. The monoisotopic (exact) mass is 450 g/mol. The average Bonchev–Trinajstić information content (AvgIpc) is 3.18. The van der Waals surface area contributed by atoms with Crippen LogP contribution >= 0.6 is 22.9 Å². The number of thiazole rings is 1. The van der Waals surface area contributed by atoms with Gasteiger partial charge in [0.15, 0.2) is 0 Å². The number of benzene rings is 2. The quantitative estimate of drug-likeness (QED) is 0.471. The Morgan fingerprint density at radius 1 is 1.03 bits per heavy atom. The lowest BCUT2D eigenvalue weighted by atomic mass is 10.1. The summed E-state index contributed by atoms with van der Waals surface area (Å²) in [6.45, 7) is 2.35. The van der Waals surface area contributed by atoms with E-state index in [-0.39, 0.29) is 24.6 Å². The van der Waals surface area contributed by atoms with E-state index < -0.39 is 0 Å². The highest BCUT2D eigenvalue weighted by Crippen LogP contribution is 2.27. The van der Waals surface area contributed by atoms with Crippen molar-refractivity contribution in [2.75, 3.05) is 6.54 Å².